The summed E-state index contributed by atoms with van der Waals surface area (Å²) in [6.45, 7) is 1.75. The first-order chi connectivity index (χ1) is 7.02. The Bertz CT molecular complexity index is 472. The molecule has 78 valence electrons. The number of aryl methyl sites for hydroxylation is 1. The Hall–Kier alpha value is -1.21. The first kappa shape index (κ1) is 10.3. The van der Waals surface area contributed by atoms with Gasteiger partial charge in [0.15, 0.2) is 0 Å². The Kier molecular flexibility index (Phi) is 2.16. The van der Waals surface area contributed by atoms with Crippen molar-refractivity contribution in [2.24, 2.45) is 0 Å². The summed E-state index contributed by atoms with van der Waals surface area (Å²) in [6.07, 6.45) is 1.54. The van der Waals surface area contributed by atoms with Gasteiger partial charge < -0.3 is 10.2 Å². The molecule has 1 fully saturated rings. The number of benzene rings is 1. The fourth-order valence-electron chi connectivity index (χ4n) is 1.69. The van der Waals surface area contributed by atoms with E-state index in [0.717, 1.165) is 12.8 Å². The summed E-state index contributed by atoms with van der Waals surface area (Å²) in [5.41, 5.74) is 0.744. The molecule has 0 aliphatic heterocycles. The van der Waals surface area contributed by atoms with Crippen LogP contribution in [0.5, 0.6) is 11.5 Å². The number of aromatic hydroxyl groups is 2. The van der Waals surface area contributed by atoms with E-state index in [9.17, 15) is 10.2 Å². The van der Waals surface area contributed by atoms with Crippen LogP contribution in [0, 0.1) is 18.3 Å². The summed E-state index contributed by atoms with van der Waals surface area (Å²) in [4.78, 5) is 0. The van der Waals surface area contributed by atoms with E-state index in [0.29, 0.717) is 11.1 Å². The number of phenolic OH excluding ortho intramolecular Hbond substituents is 2. The largest absolute Gasteiger partial charge is 0.506 e. The molecule has 0 bridgehead atoms. The number of hydrogen-bond acceptors (Lipinski definition) is 3. The van der Waals surface area contributed by atoms with Crippen molar-refractivity contribution in [1.29, 1.82) is 5.26 Å². The van der Waals surface area contributed by atoms with Crippen LogP contribution in [0.25, 0.3) is 0 Å². The Morgan fingerprint density at radius 3 is 2.47 bits per heavy atom. The lowest BCUT2D eigenvalue weighted by Crippen LogP contribution is -2.03. The SMILES string of the molecule is Cc1cc(C2(C#N)CC2)c(O)c(Br)c1O. The number of rotatable bonds is 1. The average molecular weight is 268 g/mol. The van der Waals surface area contributed by atoms with Crippen LogP contribution in [-0.2, 0) is 5.41 Å². The second kappa shape index (κ2) is 3.14. The Morgan fingerprint density at radius 1 is 1.40 bits per heavy atom. The van der Waals surface area contributed by atoms with Crippen LogP contribution in [-0.4, -0.2) is 10.2 Å². The van der Waals surface area contributed by atoms with Gasteiger partial charge in [-0.25, -0.2) is 0 Å². The molecule has 0 aromatic heterocycles. The van der Waals surface area contributed by atoms with Crippen molar-refractivity contribution in [2.75, 3.05) is 0 Å². The smallest absolute Gasteiger partial charge is 0.138 e. The van der Waals surface area contributed by atoms with Gasteiger partial charge in [-0.2, -0.15) is 5.26 Å². The van der Waals surface area contributed by atoms with Gasteiger partial charge in [-0.15, -0.1) is 0 Å². The van der Waals surface area contributed by atoms with Crippen molar-refractivity contribution in [1.82, 2.24) is 0 Å². The summed E-state index contributed by atoms with van der Waals surface area (Å²) in [5.74, 6) is 0.0159. The van der Waals surface area contributed by atoms with Gasteiger partial charge in [-0.1, -0.05) is 0 Å². The molecular formula is C11H10BrNO2. The van der Waals surface area contributed by atoms with Gasteiger partial charge in [0.25, 0.3) is 0 Å². The van der Waals surface area contributed by atoms with Gasteiger partial charge in [-0.3, -0.25) is 0 Å². The first-order valence-electron chi connectivity index (χ1n) is 4.64. The van der Waals surface area contributed by atoms with Crippen molar-refractivity contribution in [3.8, 4) is 17.6 Å². The number of phenols is 2. The van der Waals surface area contributed by atoms with E-state index < -0.39 is 5.41 Å². The van der Waals surface area contributed by atoms with Crippen molar-refractivity contribution in [2.45, 2.75) is 25.2 Å². The third-order valence-electron chi connectivity index (χ3n) is 2.88. The lowest BCUT2D eigenvalue weighted by atomic mass is 9.94. The highest BCUT2D eigenvalue weighted by atomic mass is 79.9. The van der Waals surface area contributed by atoms with Gasteiger partial charge in [0.05, 0.1) is 11.5 Å². The van der Waals surface area contributed by atoms with Gasteiger partial charge >= 0.3 is 0 Å². The summed E-state index contributed by atoms with van der Waals surface area (Å²) in [6, 6.07) is 3.91. The Balaban J connectivity index is 2.65. The zero-order valence-corrected chi connectivity index (χ0v) is 9.80. The number of nitrogens with zero attached hydrogens (tertiary/aromatic N) is 1. The first-order valence-corrected chi connectivity index (χ1v) is 5.44. The summed E-state index contributed by atoms with van der Waals surface area (Å²) < 4.78 is 0.277. The molecule has 15 heavy (non-hydrogen) atoms. The zero-order chi connectivity index (χ0) is 11.2. The summed E-state index contributed by atoms with van der Waals surface area (Å²) in [7, 11) is 0. The fourth-order valence-corrected chi connectivity index (χ4v) is 2.21. The van der Waals surface area contributed by atoms with Crippen molar-refractivity contribution in [3.63, 3.8) is 0 Å². The maximum Gasteiger partial charge on any atom is 0.138 e. The number of nitriles is 1. The molecule has 1 aliphatic carbocycles. The zero-order valence-electron chi connectivity index (χ0n) is 8.21. The molecule has 0 unspecified atom stereocenters. The Labute approximate surface area is 96.1 Å². The summed E-state index contributed by atoms with van der Waals surface area (Å²) >= 11 is 3.12. The maximum absolute atomic E-state index is 9.85. The molecule has 4 heteroatoms. The van der Waals surface area contributed by atoms with Crippen LogP contribution in [0.4, 0.5) is 0 Å². The fraction of sp³-hybridized carbons (Fsp3) is 0.364. The number of halogens is 1. The van der Waals surface area contributed by atoms with Gasteiger partial charge in [0, 0.05) is 5.56 Å². The molecule has 1 aliphatic rings. The maximum atomic E-state index is 9.85. The van der Waals surface area contributed by atoms with Crippen molar-refractivity contribution in [3.05, 3.63) is 21.7 Å². The quantitative estimate of drug-likeness (QED) is 0.823. The van der Waals surface area contributed by atoms with Gasteiger partial charge in [-0.05, 0) is 47.3 Å². The molecule has 0 amide bonds. The van der Waals surface area contributed by atoms with E-state index in [-0.39, 0.29) is 16.0 Å². The van der Waals surface area contributed by atoms with Crippen LogP contribution in [0.3, 0.4) is 0 Å². The molecule has 1 saturated carbocycles. The molecule has 2 N–H and O–H groups in total. The van der Waals surface area contributed by atoms with E-state index >= 15 is 0 Å². The van der Waals surface area contributed by atoms with Crippen LogP contribution in [0.1, 0.15) is 24.0 Å². The third kappa shape index (κ3) is 1.38. The predicted octanol–water partition coefficient (Wildman–Crippen LogP) is 2.72. The molecule has 0 radical (unpaired) electrons. The van der Waals surface area contributed by atoms with E-state index in [1.807, 2.05) is 0 Å². The van der Waals surface area contributed by atoms with Crippen molar-refractivity contribution >= 4 is 15.9 Å². The molecule has 1 aromatic carbocycles. The standard InChI is InChI=1S/C11H10BrNO2/c1-6-4-7(11(5-13)2-3-11)10(15)8(12)9(6)14/h4,14-15H,2-3H2,1H3. The lowest BCUT2D eigenvalue weighted by molar-refractivity contribution is 0.435. The molecular weight excluding hydrogens is 258 g/mol. The minimum absolute atomic E-state index is 0.0165. The van der Waals surface area contributed by atoms with Crippen LogP contribution < -0.4 is 0 Å². The molecule has 3 nitrogen and oxygen atoms in total. The van der Waals surface area contributed by atoms with Crippen LogP contribution in [0.15, 0.2) is 10.5 Å². The second-order valence-electron chi connectivity index (χ2n) is 3.95. The van der Waals surface area contributed by atoms with E-state index in [2.05, 4.69) is 22.0 Å². The second-order valence-corrected chi connectivity index (χ2v) is 4.74. The van der Waals surface area contributed by atoms with Crippen LogP contribution >= 0.6 is 15.9 Å². The topological polar surface area (TPSA) is 64.2 Å². The molecule has 0 atom stereocenters. The molecule has 1 aromatic rings. The molecule has 0 spiro atoms. The molecule has 2 rings (SSSR count). The highest BCUT2D eigenvalue weighted by Gasteiger charge is 2.47. The minimum atomic E-state index is -0.537. The summed E-state index contributed by atoms with van der Waals surface area (Å²) in [5, 5.41) is 28.5. The molecule has 0 saturated heterocycles. The van der Waals surface area contributed by atoms with Gasteiger partial charge in [0.1, 0.15) is 16.0 Å². The third-order valence-corrected chi connectivity index (χ3v) is 3.64. The van der Waals surface area contributed by atoms with Crippen LogP contribution in [0.2, 0.25) is 0 Å². The van der Waals surface area contributed by atoms with E-state index in [4.69, 9.17) is 5.26 Å². The average Bonchev–Trinajstić information content (AvgIpc) is 3.01. The van der Waals surface area contributed by atoms with Crippen molar-refractivity contribution < 1.29 is 10.2 Å². The van der Waals surface area contributed by atoms with E-state index in [1.165, 1.54) is 0 Å². The van der Waals surface area contributed by atoms with E-state index in [1.54, 1.807) is 13.0 Å². The molecule has 0 heterocycles. The lowest BCUT2D eigenvalue weighted by Gasteiger charge is -2.13. The highest BCUT2D eigenvalue weighted by Crippen LogP contribution is 2.53. The Morgan fingerprint density at radius 2 is 2.00 bits per heavy atom. The predicted molar refractivity (Wildman–Crippen MR) is 58.7 cm³/mol. The monoisotopic (exact) mass is 267 g/mol. The number of hydrogen-bond donors (Lipinski definition) is 2. The van der Waals surface area contributed by atoms with Gasteiger partial charge in [0.2, 0.25) is 0 Å². The normalized spacial score (nSPS) is 17.1. The highest BCUT2D eigenvalue weighted by molar-refractivity contribution is 9.10. The minimum Gasteiger partial charge on any atom is -0.506 e.